The van der Waals surface area contributed by atoms with Gasteiger partial charge in [-0.2, -0.15) is 0 Å². The molecule has 6 rings (SSSR count). The second kappa shape index (κ2) is 9.49. The van der Waals surface area contributed by atoms with Gasteiger partial charge >= 0.3 is 0 Å². The number of benzene rings is 3. The van der Waals surface area contributed by atoms with Crippen molar-refractivity contribution < 1.29 is 19.1 Å². The third-order valence-corrected chi connectivity index (χ3v) is 8.42. The van der Waals surface area contributed by atoms with E-state index in [1.165, 1.54) is 5.56 Å². The maximum Gasteiger partial charge on any atom is 0.254 e. The number of aryl methyl sites for hydroxylation is 1. The molecule has 7 nitrogen and oxygen atoms in total. The monoisotopic (exact) mass is 523 g/mol. The molecule has 4 aromatic rings. The lowest BCUT2D eigenvalue weighted by Crippen LogP contribution is -2.67. The van der Waals surface area contributed by atoms with E-state index >= 15 is 0 Å². The van der Waals surface area contributed by atoms with Gasteiger partial charge in [-0.05, 0) is 55.2 Å². The van der Waals surface area contributed by atoms with E-state index in [0.717, 1.165) is 33.3 Å². The van der Waals surface area contributed by atoms with Gasteiger partial charge in [-0.1, -0.05) is 54.1 Å². The van der Waals surface area contributed by atoms with E-state index in [1.807, 2.05) is 43.3 Å². The molecule has 3 aromatic carbocycles. The van der Waals surface area contributed by atoms with E-state index < -0.39 is 5.54 Å². The number of carbonyl (C=O) groups is 2. The van der Waals surface area contributed by atoms with Crippen LogP contribution in [0.1, 0.15) is 40.8 Å². The van der Waals surface area contributed by atoms with E-state index in [0.29, 0.717) is 31.0 Å². The van der Waals surface area contributed by atoms with E-state index in [-0.39, 0.29) is 24.3 Å². The van der Waals surface area contributed by atoms with Gasteiger partial charge in [0.2, 0.25) is 5.91 Å². The molecular weight excluding hydrogens is 490 g/mol. The zero-order valence-corrected chi connectivity index (χ0v) is 22.8. The minimum atomic E-state index is -1.11. The van der Waals surface area contributed by atoms with Gasteiger partial charge in [0, 0.05) is 29.9 Å². The van der Waals surface area contributed by atoms with Gasteiger partial charge in [-0.3, -0.25) is 9.59 Å². The highest BCUT2D eigenvalue weighted by Crippen LogP contribution is 2.48. The molecule has 0 aliphatic carbocycles. The van der Waals surface area contributed by atoms with Crippen molar-refractivity contribution in [2.24, 2.45) is 0 Å². The van der Waals surface area contributed by atoms with Crippen molar-refractivity contribution >= 4 is 22.7 Å². The summed E-state index contributed by atoms with van der Waals surface area (Å²) in [4.78, 5) is 35.1. The van der Waals surface area contributed by atoms with Crippen molar-refractivity contribution in [3.8, 4) is 11.5 Å². The average molecular weight is 524 g/mol. The third-order valence-electron chi connectivity index (χ3n) is 8.42. The molecule has 200 valence electrons. The summed E-state index contributed by atoms with van der Waals surface area (Å²) in [6.07, 6.45) is 0.598. The normalized spacial score (nSPS) is 20.7. The van der Waals surface area contributed by atoms with Crippen molar-refractivity contribution in [2.45, 2.75) is 31.7 Å². The summed E-state index contributed by atoms with van der Waals surface area (Å²) in [6, 6.07) is 22.4. The summed E-state index contributed by atoms with van der Waals surface area (Å²) in [5, 5.41) is 1.10. The molecule has 0 bridgehead atoms. The summed E-state index contributed by atoms with van der Waals surface area (Å²) in [6.45, 7) is 4.93. The maximum atomic E-state index is 14.3. The van der Waals surface area contributed by atoms with Crippen LogP contribution in [0.5, 0.6) is 11.5 Å². The lowest BCUT2D eigenvalue weighted by molar-refractivity contribution is -0.166. The topological polar surface area (TPSA) is 74.9 Å². The Hall–Kier alpha value is -4.26. The van der Waals surface area contributed by atoms with E-state index in [2.05, 4.69) is 42.2 Å². The van der Waals surface area contributed by atoms with Crippen LogP contribution in [0.2, 0.25) is 0 Å². The summed E-state index contributed by atoms with van der Waals surface area (Å²) in [5.74, 6) is 1.18. The van der Waals surface area contributed by atoms with Crippen LogP contribution >= 0.6 is 0 Å². The standard InChI is InChI=1S/C32H33N3O4/c1-20-9-12-22(13-10-20)24-18-35-28(36)19-34(16-15-21-11-14-26(38-3)27(17-21)39-4)31(37)32(35,2)30-29(24)23-7-5-6-8-25(23)33-30/h5-14,17,24,33H,15-16,18-19H2,1-4H3/t24-,32+/m1/s1. The molecule has 0 unspecified atom stereocenters. The van der Waals surface area contributed by atoms with Crippen LogP contribution in [0, 0.1) is 6.92 Å². The lowest BCUT2D eigenvalue weighted by atomic mass is 9.76. The highest BCUT2D eigenvalue weighted by molar-refractivity contribution is 6.01. The molecule has 39 heavy (non-hydrogen) atoms. The van der Waals surface area contributed by atoms with E-state index in [9.17, 15) is 9.59 Å². The minimum absolute atomic E-state index is 0.0279. The smallest absolute Gasteiger partial charge is 0.254 e. The molecule has 7 heteroatoms. The average Bonchev–Trinajstić information content (AvgIpc) is 3.35. The Labute approximate surface area is 228 Å². The Balaban J connectivity index is 1.38. The highest BCUT2D eigenvalue weighted by atomic mass is 16.5. The van der Waals surface area contributed by atoms with Crippen molar-refractivity contribution in [2.75, 3.05) is 33.9 Å². The van der Waals surface area contributed by atoms with Crippen LogP contribution in [0.4, 0.5) is 0 Å². The van der Waals surface area contributed by atoms with Crippen LogP contribution in [0.15, 0.2) is 66.7 Å². The number of piperazine rings is 1. The number of carbonyl (C=O) groups excluding carboxylic acids is 2. The number of methoxy groups -OCH3 is 2. The van der Waals surface area contributed by atoms with Crippen LogP contribution < -0.4 is 9.47 Å². The molecular formula is C32H33N3O4. The number of ether oxygens (including phenoxy) is 2. The Morgan fingerprint density at radius 3 is 2.46 bits per heavy atom. The fraction of sp³-hybridized carbons (Fsp3) is 0.312. The minimum Gasteiger partial charge on any atom is -0.493 e. The van der Waals surface area contributed by atoms with E-state index in [4.69, 9.17) is 9.47 Å². The third kappa shape index (κ3) is 3.95. The SMILES string of the molecule is COc1ccc(CCN2CC(=O)N3C[C@H](c4ccc(C)cc4)c4c([nH]c5ccccc45)[C@@]3(C)C2=O)cc1OC. The lowest BCUT2D eigenvalue weighted by Gasteiger charge is -2.51. The molecule has 1 N–H and O–H groups in total. The molecule has 2 aliphatic rings. The van der Waals surface area contributed by atoms with Crippen LogP contribution in [0.3, 0.4) is 0 Å². The summed E-state index contributed by atoms with van der Waals surface area (Å²) in [5.41, 5.74) is 5.13. The fourth-order valence-electron chi connectivity index (χ4n) is 6.25. The summed E-state index contributed by atoms with van der Waals surface area (Å²) < 4.78 is 10.8. The Morgan fingerprint density at radius 2 is 1.72 bits per heavy atom. The number of aromatic amines is 1. The Kier molecular flexibility index (Phi) is 6.09. The summed E-state index contributed by atoms with van der Waals surface area (Å²) >= 11 is 0. The van der Waals surface area contributed by atoms with Crippen molar-refractivity contribution in [3.63, 3.8) is 0 Å². The van der Waals surface area contributed by atoms with Crippen molar-refractivity contribution in [1.29, 1.82) is 0 Å². The number of amides is 2. The number of fused-ring (bicyclic) bond motifs is 5. The van der Waals surface area contributed by atoms with E-state index in [1.54, 1.807) is 24.0 Å². The largest absolute Gasteiger partial charge is 0.493 e. The molecule has 1 saturated heterocycles. The first-order valence-corrected chi connectivity index (χ1v) is 13.3. The fourth-order valence-corrected chi connectivity index (χ4v) is 6.25. The maximum absolute atomic E-state index is 14.3. The zero-order valence-electron chi connectivity index (χ0n) is 22.8. The van der Waals surface area contributed by atoms with Gasteiger partial charge in [-0.15, -0.1) is 0 Å². The first kappa shape index (κ1) is 25.0. The quantitative estimate of drug-likeness (QED) is 0.395. The second-order valence-electron chi connectivity index (χ2n) is 10.7. The molecule has 2 aliphatic heterocycles. The number of H-pyrrole nitrogens is 1. The Morgan fingerprint density at radius 1 is 0.974 bits per heavy atom. The number of nitrogens with zero attached hydrogens (tertiary/aromatic N) is 2. The molecule has 3 heterocycles. The highest BCUT2D eigenvalue weighted by Gasteiger charge is 2.56. The van der Waals surface area contributed by atoms with Crippen molar-refractivity contribution in [1.82, 2.24) is 14.8 Å². The number of para-hydroxylation sites is 1. The molecule has 0 spiro atoms. The molecule has 0 saturated carbocycles. The molecule has 2 amide bonds. The van der Waals surface area contributed by atoms with Gasteiger partial charge < -0.3 is 24.3 Å². The number of hydrogen-bond donors (Lipinski definition) is 1. The number of rotatable bonds is 6. The first-order valence-electron chi connectivity index (χ1n) is 13.3. The number of nitrogens with one attached hydrogen (secondary N) is 1. The molecule has 1 fully saturated rings. The first-order chi connectivity index (χ1) is 18.8. The number of hydrogen-bond acceptors (Lipinski definition) is 4. The van der Waals surface area contributed by atoms with Crippen LogP contribution in [0.25, 0.3) is 10.9 Å². The Bertz CT molecular complexity index is 1570. The van der Waals surface area contributed by atoms with Gasteiger partial charge in [0.25, 0.3) is 5.91 Å². The zero-order chi connectivity index (χ0) is 27.3. The predicted octanol–water partition coefficient (Wildman–Crippen LogP) is 4.77. The molecule has 1 aromatic heterocycles. The van der Waals surface area contributed by atoms with Gasteiger partial charge in [0.1, 0.15) is 0 Å². The van der Waals surface area contributed by atoms with Gasteiger partial charge in [0.15, 0.2) is 17.0 Å². The second-order valence-corrected chi connectivity index (χ2v) is 10.7. The molecule has 2 atom stereocenters. The molecule has 0 radical (unpaired) electrons. The van der Waals surface area contributed by atoms with Crippen molar-refractivity contribution in [3.05, 3.63) is 94.7 Å². The van der Waals surface area contributed by atoms with Crippen LogP contribution in [-0.2, 0) is 21.5 Å². The summed E-state index contributed by atoms with van der Waals surface area (Å²) in [7, 11) is 3.21. The number of aromatic nitrogens is 1. The van der Waals surface area contributed by atoms with Gasteiger partial charge in [0.05, 0.1) is 26.5 Å². The van der Waals surface area contributed by atoms with Gasteiger partial charge in [-0.25, -0.2) is 0 Å². The van der Waals surface area contributed by atoms with Crippen LogP contribution in [-0.4, -0.2) is 60.5 Å². The predicted molar refractivity (Wildman–Crippen MR) is 150 cm³/mol.